The number of hydrogen-bond acceptors (Lipinski definition) is 2. The van der Waals surface area contributed by atoms with Crippen LogP contribution in [-0.2, 0) is 12.8 Å². The number of rotatable bonds is 1. The van der Waals surface area contributed by atoms with Gasteiger partial charge in [-0.2, -0.15) is 0 Å². The highest BCUT2D eigenvalue weighted by atomic mass is 19.1. The molecule has 1 aromatic heterocycles. The lowest BCUT2D eigenvalue weighted by Gasteiger charge is -2.11. The smallest absolute Gasteiger partial charge is 0.125 e. The number of benzene rings is 1. The summed E-state index contributed by atoms with van der Waals surface area (Å²) >= 11 is 0. The molecule has 1 aliphatic rings. The van der Waals surface area contributed by atoms with E-state index in [1.54, 1.807) is 0 Å². The van der Waals surface area contributed by atoms with Crippen molar-refractivity contribution >= 4 is 16.6 Å². The van der Waals surface area contributed by atoms with Crippen molar-refractivity contribution < 1.29 is 4.39 Å². The van der Waals surface area contributed by atoms with Gasteiger partial charge in [0.25, 0.3) is 0 Å². The monoisotopic (exact) mass is 216 g/mol. The summed E-state index contributed by atoms with van der Waals surface area (Å²) in [6.07, 6.45) is 3.23. The zero-order valence-electron chi connectivity index (χ0n) is 9.18. The zero-order valence-corrected chi connectivity index (χ0v) is 9.18. The van der Waals surface area contributed by atoms with Gasteiger partial charge in [-0.25, -0.2) is 4.39 Å². The lowest BCUT2D eigenvalue weighted by Crippen LogP contribution is -1.99. The Balaban J connectivity index is 2.39. The van der Waals surface area contributed by atoms with Crippen molar-refractivity contribution in [2.75, 3.05) is 12.4 Å². The van der Waals surface area contributed by atoms with Gasteiger partial charge in [0.15, 0.2) is 0 Å². The molecule has 1 aliphatic carbocycles. The number of fused-ring (bicyclic) bond motifs is 2. The fraction of sp³-hybridized carbons (Fsp3) is 0.308. The Morgan fingerprint density at radius 3 is 3.00 bits per heavy atom. The number of aryl methyl sites for hydroxylation is 1. The molecule has 0 unspecified atom stereocenters. The highest BCUT2D eigenvalue weighted by Crippen LogP contribution is 2.33. The van der Waals surface area contributed by atoms with Crippen molar-refractivity contribution in [1.29, 1.82) is 0 Å². The maximum atomic E-state index is 13.2. The Morgan fingerprint density at radius 2 is 2.19 bits per heavy atom. The van der Waals surface area contributed by atoms with Crippen molar-refractivity contribution in [2.45, 2.75) is 19.3 Å². The normalized spacial score (nSPS) is 14.1. The Kier molecular flexibility index (Phi) is 2.06. The number of nitrogens with one attached hydrogen (secondary N) is 1. The fourth-order valence-electron chi connectivity index (χ4n) is 2.52. The summed E-state index contributed by atoms with van der Waals surface area (Å²) in [7, 11) is 1.91. The third-order valence-electron chi connectivity index (χ3n) is 3.23. The number of hydrogen-bond donors (Lipinski definition) is 1. The molecule has 1 aromatic carbocycles. The van der Waals surface area contributed by atoms with E-state index in [0.29, 0.717) is 0 Å². The summed E-state index contributed by atoms with van der Waals surface area (Å²) in [4.78, 5) is 4.55. The minimum Gasteiger partial charge on any atom is -0.387 e. The second-order valence-electron chi connectivity index (χ2n) is 4.18. The molecule has 1 heterocycles. The van der Waals surface area contributed by atoms with Crippen molar-refractivity contribution in [2.24, 2.45) is 0 Å². The summed E-state index contributed by atoms with van der Waals surface area (Å²) in [5.74, 6) is -0.222. The van der Waals surface area contributed by atoms with E-state index in [1.807, 2.05) is 13.1 Å². The van der Waals surface area contributed by atoms with Crippen LogP contribution in [0.15, 0.2) is 18.2 Å². The average molecular weight is 216 g/mol. The van der Waals surface area contributed by atoms with Gasteiger partial charge < -0.3 is 5.32 Å². The predicted molar refractivity (Wildman–Crippen MR) is 63.3 cm³/mol. The molecule has 0 aliphatic heterocycles. The summed E-state index contributed by atoms with van der Waals surface area (Å²) in [6.45, 7) is 0. The standard InChI is InChI=1S/C13H13FN2/c1-15-13-9-3-2-4-11(9)16-12-7-8(14)5-6-10(12)13/h5-7H,2-4H2,1H3,(H,15,16). The highest BCUT2D eigenvalue weighted by molar-refractivity contribution is 5.93. The third-order valence-corrected chi connectivity index (χ3v) is 3.23. The Labute approximate surface area is 93.5 Å². The van der Waals surface area contributed by atoms with Gasteiger partial charge in [-0.1, -0.05) is 0 Å². The van der Waals surface area contributed by atoms with Crippen LogP contribution in [0.1, 0.15) is 17.7 Å². The first-order valence-electron chi connectivity index (χ1n) is 5.58. The molecule has 0 amide bonds. The molecule has 0 atom stereocenters. The van der Waals surface area contributed by atoms with E-state index in [4.69, 9.17) is 0 Å². The van der Waals surface area contributed by atoms with E-state index in [1.165, 1.54) is 17.7 Å². The molecule has 0 fully saturated rings. The topological polar surface area (TPSA) is 24.9 Å². The van der Waals surface area contributed by atoms with Gasteiger partial charge >= 0.3 is 0 Å². The Bertz CT molecular complexity index is 563. The molecule has 0 saturated heterocycles. The van der Waals surface area contributed by atoms with Crippen LogP contribution in [0.3, 0.4) is 0 Å². The summed E-state index contributed by atoms with van der Waals surface area (Å²) in [6, 6.07) is 4.81. The molecule has 1 N–H and O–H groups in total. The van der Waals surface area contributed by atoms with E-state index < -0.39 is 0 Å². The first kappa shape index (κ1) is 9.58. The van der Waals surface area contributed by atoms with Gasteiger partial charge in [-0.3, -0.25) is 4.98 Å². The van der Waals surface area contributed by atoms with E-state index in [-0.39, 0.29) is 5.82 Å². The largest absolute Gasteiger partial charge is 0.387 e. The second kappa shape index (κ2) is 3.44. The quantitative estimate of drug-likeness (QED) is 0.792. The van der Waals surface area contributed by atoms with Gasteiger partial charge in [0.1, 0.15) is 5.82 Å². The van der Waals surface area contributed by atoms with Crippen LogP contribution in [0.5, 0.6) is 0 Å². The first-order valence-corrected chi connectivity index (χ1v) is 5.58. The van der Waals surface area contributed by atoms with E-state index in [9.17, 15) is 4.39 Å². The van der Waals surface area contributed by atoms with Gasteiger partial charge in [0.05, 0.1) is 5.52 Å². The number of anilines is 1. The minimum atomic E-state index is -0.222. The van der Waals surface area contributed by atoms with Crippen LogP contribution < -0.4 is 5.32 Å². The second-order valence-corrected chi connectivity index (χ2v) is 4.18. The number of halogens is 1. The van der Waals surface area contributed by atoms with Gasteiger partial charge in [0, 0.05) is 29.9 Å². The molecule has 0 radical (unpaired) electrons. The van der Waals surface area contributed by atoms with Crippen LogP contribution in [0.25, 0.3) is 10.9 Å². The van der Waals surface area contributed by atoms with Crippen molar-refractivity contribution in [3.63, 3.8) is 0 Å². The van der Waals surface area contributed by atoms with Crippen LogP contribution >= 0.6 is 0 Å². The van der Waals surface area contributed by atoms with Crippen molar-refractivity contribution in [3.8, 4) is 0 Å². The SMILES string of the molecule is CNc1c2c(nc3cc(F)ccc13)CCC2. The summed E-state index contributed by atoms with van der Waals surface area (Å²) in [5.41, 5.74) is 4.31. The maximum absolute atomic E-state index is 13.2. The number of aromatic nitrogens is 1. The van der Waals surface area contributed by atoms with E-state index >= 15 is 0 Å². The maximum Gasteiger partial charge on any atom is 0.125 e. The van der Waals surface area contributed by atoms with Crippen molar-refractivity contribution in [3.05, 3.63) is 35.3 Å². The number of pyridine rings is 1. The molecule has 2 nitrogen and oxygen atoms in total. The predicted octanol–water partition coefficient (Wildman–Crippen LogP) is 2.90. The highest BCUT2D eigenvalue weighted by Gasteiger charge is 2.18. The molecular formula is C13H13FN2. The molecule has 3 rings (SSSR count). The van der Waals surface area contributed by atoms with E-state index in [2.05, 4.69) is 10.3 Å². The lowest BCUT2D eigenvalue weighted by atomic mass is 10.1. The molecular weight excluding hydrogens is 203 g/mol. The average Bonchev–Trinajstić information content (AvgIpc) is 2.73. The first-order chi connectivity index (χ1) is 7.79. The van der Waals surface area contributed by atoms with Crippen LogP contribution in [0.4, 0.5) is 10.1 Å². The molecule has 82 valence electrons. The number of nitrogens with zero attached hydrogens (tertiary/aromatic N) is 1. The fourth-order valence-corrected chi connectivity index (χ4v) is 2.52. The van der Waals surface area contributed by atoms with Crippen LogP contribution in [0.2, 0.25) is 0 Å². The van der Waals surface area contributed by atoms with Crippen LogP contribution in [0, 0.1) is 5.82 Å². The summed E-state index contributed by atoms with van der Waals surface area (Å²) < 4.78 is 13.2. The van der Waals surface area contributed by atoms with Gasteiger partial charge in [-0.05, 0) is 37.0 Å². The minimum absolute atomic E-state index is 0.222. The van der Waals surface area contributed by atoms with Gasteiger partial charge in [-0.15, -0.1) is 0 Å². The summed E-state index contributed by atoms with van der Waals surface area (Å²) in [5, 5.41) is 4.25. The van der Waals surface area contributed by atoms with E-state index in [0.717, 1.165) is 41.5 Å². The molecule has 16 heavy (non-hydrogen) atoms. The molecule has 0 saturated carbocycles. The molecule has 0 bridgehead atoms. The Hall–Kier alpha value is -1.64. The lowest BCUT2D eigenvalue weighted by molar-refractivity contribution is 0.629. The van der Waals surface area contributed by atoms with Crippen molar-refractivity contribution in [1.82, 2.24) is 4.98 Å². The molecule has 0 spiro atoms. The molecule has 2 aromatic rings. The molecule has 3 heteroatoms. The van der Waals surface area contributed by atoms with Gasteiger partial charge in [0.2, 0.25) is 0 Å². The van der Waals surface area contributed by atoms with Crippen LogP contribution in [-0.4, -0.2) is 12.0 Å². The zero-order chi connectivity index (χ0) is 11.1. The third kappa shape index (κ3) is 1.28. The Morgan fingerprint density at radius 1 is 1.31 bits per heavy atom.